The molecule has 1 aromatic heterocycles. The molecule has 1 rings (SSSR count). The van der Waals surface area contributed by atoms with Crippen LogP contribution in [0, 0.1) is 17.3 Å². The molecule has 0 N–H and O–H groups in total. The minimum Gasteiger partial charge on any atom is -0.215 e. The Labute approximate surface area is 91.5 Å². The minimum atomic E-state index is -5.20. The topological polar surface area (TPSA) is 36.7 Å². The van der Waals surface area contributed by atoms with E-state index >= 15 is 0 Å². The standard InChI is InChI=1S/C9H4F6N2/c10-5-3-4(1-2-16)6(8(11)12)7(17-5)9(13,14)15/h3,8H,1H2. The lowest BCUT2D eigenvalue weighted by atomic mass is 10.0. The molecule has 0 bridgehead atoms. The van der Waals surface area contributed by atoms with Gasteiger partial charge in [-0.25, -0.2) is 13.8 Å². The Balaban J connectivity index is 3.53. The summed E-state index contributed by atoms with van der Waals surface area (Å²) in [6.07, 6.45) is -9.43. The summed E-state index contributed by atoms with van der Waals surface area (Å²) in [4.78, 5) is 2.43. The Kier molecular flexibility index (Phi) is 3.60. The third kappa shape index (κ3) is 2.87. The van der Waals surface area contributed by atoms with Gasteiger partial charge in [-0.05, 0) is 11.6 Å². The first kappa shape index (κ1) is 13.3. The number of hydrogen-bond acceptors (Lipinski definition) is 2. The van der Waals surface area contributed by atoms with Crippen molar-refractivity contribution in [3.8, 4) is 6.07 Å². The van der Waals surface area contributed by atoms with Gasteiger partial charge in [-0.2, -0.15) is 22.8 Å². The number of halogens is 6. The first-order valence-electron chi connectivity index (χ1n) is 4.19. The molecule has 0 amide bonds. The molecule has 0 spiro atoms. The van der Waals surface area contributed by atoms with Crippen molar-refractivity contribution in [3.63, 3.8) is 0 Å². The van der Waals surface area contributed by atoms with E-state index in [9.17, 15) is 26.3 Å². The van der Waals surface area contributed by atoms with Crippen LogP contribution in [0.4, 0.5) is 26.3 Å². The van der Waals surface area contributed by atoms with E-state index in [1.165, 1.54) is 6.07 Å². The van der Waals surface area contributed by atoms with Crippen molar-refractivity contribution in [3.05, 3.63) is 28.8 Å². The zero-order valence-corrected chi connectivity index (χ0v) is 8.02. The maximum Gasteiger partial charge on any atom is 0.433 e. The Morgan fingerprint density at radius 1 is 1.35 bits per heavy atom. The second-order valence-electron chi connectivity index (χ2n) is 3.00. The monoisotopic (exact) mass is 254 g/mol. The SMILES string of the molecule is N#CCc1cc(F)nc(C(F)(F)F)c1C(F)F. The van der Waals surface area contributed by atoms with Crippen molar-refractivity contribution < 1.29 is 26.3 Å². The number of hydrogen-bond donors (Lipinski definition) is 0. The summed E-state index contributed by atoms with van der Waals surface area (Å²) < 4.78 is 74.9. The summed E-state index contributed by atoms with van der Waals surface area (Å²) in [5, 5.41) is 8.29. The molecule has 1 heterocycles. The van der Waals surface area contributed by atoms with Gasteiger partial charge >= 0.3 is 6.18 Å². The molecule has 0 fully saturated rings. The molecule has 17 heavy (non-hydrogen) atoms. The summed E-state index contributed by atoms with van der Waals surface area (Å²) in [6, 6.07) is 1.79. The number of pyridine rings is 1. The molecule has 0 atom stereocenters. The van der Waals surface area contributed by atoms with Gasteiger partial charge in [0.1, 0.15) is 0 Å². The van der Waals surface area contributed by atoms with Gasteiger partial charge < -0.3 is 0 Å². The number of rotatable bonds is 2. The van der Waals surface area contributed by atoms with Gasteiger partial charge in [-0.3, -0.25) is 0 Å². The Morgan fingerprint density at radius 3 is 2.35 bits per heavy atom. The lowest BCUT2D eigenvalue weighted by Crippen LogP contribution is -2.15. The Hall–Kier alpha value is -1.78. The van der Waals surface area contributed by atoms with E-state index in [0.29, 0.717) is 6.07 Å². The van der Waals surface area contributed by atoms with Crippen molar-refractivity contribution in [2.24, 2.45) is 0 Å². The fourth-order valence-electron chi connectivity index (χ4n) is 1.26. The van der Waals surface area contributed by atoms with E-state index in [-0.39, 0.29) is 0 Å². The summed E-state index contributed by atoms with van der Waals surface area (Å²) in [5.41, 5.74) is -4.14. The molecule has 0 unspecified atom stereocenters. The number of alkyl halides is 5. The molecule has 92 valence electrons. The highest BCUT2D eigenvalue weighted by Gasteiger charge is 2.39. The molecule has 1 aromatic rings. The molecule has 0 aromatic carbocycles. The molecule has 0 saturated carbocycles. The largest absolute Gasteiger partial charge is 0.433 e. The van der Waals surface area contributed by atoms with Crippen molar-refractivity contribution in [1.82, 2.24) is 4.98 Å². The van der Waals surface area contributed by atoms with Crippen LogP contribution in [0.5, 0.6) is 0 Å². The quantitative estimate of drug-likeness (QED) is 0.600. The third-order valence-electron chi connectivity index (χ3n) is 1.87. The van der Waals surface area contributed by atoms with Gasteiger partial charge in [0.25, 0.3) is 6.43 Å². The van der Waals surface area contributed by atoms with Crippen molar-refractivity contribution in [2.75, 3.05) is 0 Å². The summed E-state index contributed by atoms with van der Waals surface area (Å²) >= 11 is 0. The van der Waals surface area contributed by atoms with Gasteiger partial charge in [0.05, 0.1) is 18.1 Å². The van der Waals surface area contributed by atoms with Gasteiger partial charge in [0.15, 0.2) is 5.69 Å². The van der Waals surface area contributed by atoms with Gasteiger partial charge in [-0.15, -0.1) is 0 Å². The van der Waals surface area contributed by atoms with Crippen molar-refractivity contribution in [2.45, 2.75) is 19.0 Å². The predicted molar refractivity (Wildman–Crippen MR) is 43.5 cm³/mol. The van der Waals surface area contributed by atoms with E-state index in [4.69, 9.17) is 5.26 Å². The summed E-state index contributed by atoms with van der Waals surface area (Å²) in [6.45, 7) is 0. The minimum absolute atomic E-state index is 0.403. The highest BCUT2D eigenvalue weighted by atomic mass is 19.4. The maximum atomic E-state index is 12.8. The van der Waals surface area contributed by atoms with Crippen LogP contribution in [0.2, 0.25) is 0 Å². The van der Waals surface area contributed by atoms with E-state index < -0.39 is 41.8 Å². The summed E-state index contributed by atoms with van der Waals surface area (Å²) in [7, 11) is 0. The van der Waals surface area contributed by atoms with Crippen LogP contribution in [-0.4, -0.2) is 4.98 Å². The maximum absolute atomic E-state index is 12.8. The fourth-order valence-corrected chi connectivity index (χ4v) is 1.26. The van der Waals surface area contributed by atoms with E-state index in [2.05, 4.69) is 4.98 Å². The average Bonchev–Trinajstić information content (AvgIpc) is 2.15. The highest BCUT2D eigenvalue weighted by Crippen LogP contribution is 2.37. The summed E-state index contributed by atoms with van der Waals surface area (Å²) in [5.74, 6) is -1.55. The number of nitriles is 1. The number of aromatic nitrogens is 1. The zero-order valence-electron chi connectivity index (χ0n) is 8.02. The van der Waals surface area contributed by atoms with Crippen LogP contribution in [0.15, 0.2) is 6.07 Å². The molecule has 0 radical (unpaired) electrons. The Bertz CT molecular complexity index is 460. The lowest BCUT2D eigenvalue weighted by Gasteiger charge is -2.14. The fraction of sp³-hybridized carbons (Fsp3) is 0.333. The third-order valence-corrected chi connectivity index (χ3v) is 1.87. The van der Waals surface area contributed by atoms with E-state index in [1.54, 1.807) is 0 Å². The molecule has 0 saturated heterocycles. The highest BCUT2D eigenvalue weighted by molar-refractivity contribution is 5.35. The molecule has 0 aliphatic heterocycles. The van der Waals surface area contributed by atoms with Gasteiger partial charge in [-0.1, -0.05) is 0 Å². The zero-order chi connectivity index (χ0) is 13.2. The van der Waals surface area contributed by atoms with E-state index in [1.807, 2.05) is 0 Å². The van der Waals surface area contributed by atoms with Crippen LogP contribution < -0.4 is 0 Å². The van der Waals surface area contributed by atoms with Crippen molar-refractivity contribution in [1.29, 1.82) is 5.26 Å². The van der Waals surface area contributed by atoms with Crippen LogP contribution in [0.1, 0.15) is 23.2 Å². The molecular weight excluding hydrogens is 250 g/mol. The second kappa shape index (κ2) is 4.61. The predicted octanol–water partition coefficient (Wildman–Crippen LogP) is 3.24. The van der Waals surface area contributed by atoms with Crippen LogP contribution in [0.3, 0.4) is 0 Å². The smallest absolute Gasteiger partial charge is 0.215 e. The first-order valence-corrected chi connectivity index (χ1v) is 4.19. The normalized spacial score (nSPS) is 11.6. The van der Waals surface area contributed by atoms with Crippen LogP contribution in [-0.2, 0) is 12.6 Å². The molecular formula is C9H4F6N2. The van der Waals surface area contributed by atoms with Gasteiger partial charge in [0.2, 0.25) is 5.95 Å². The van der Waals surface area contributed by atoms with E-state index in [0.717, 1.165) is 0 Å². The number of nitrogens with zero attached hydrogens (tertiary/aromatic N) is 2. The van der Waals surface area contributed by atoms with Crippen LogP contribution >= 0.6 is 0 Å². The molecule has 8 heteroatoms. The van der Waals surface area contributed by atoms with Gasteiger partial charge in [0, 0.05) is 0 Å². The first-order chi connectivity index (χ1) is 7.77. The van der Waals surface area contributed by atoms with Crippen molar-refractivity contribution >= 4 is 0 Å². The lowest BCUT2D eigenvalue weighted by molar-refractivity contribution is -0.143. The average molecular weight is 254 g/mol. The molecule has 2 nitrogen and oxygen atoms in total. The molecule has 0 aliphatic rings. The van der Waals surface area contributed by atoms with Crippen LogP contribution in [0.25, 0.3) is 0 Å². The molecule has 0 aliphatic carbocycles. The Morgan fingerprint density at radius 2 is 1.94 bits per heavy atom. The second-order valence-corrected chi connectivity index (χ2v) is 3.00.